The SMILES string of the molecule is O=Cc1cc(Br)c(Cl)c(I)c1. The van der Waals surface area contributed by atoms with Crippen molar-refractivity contribution in [3.63, 3.8) is 0 Å². The second-order valence-corrected chi connectivity index (χ2v) is 4.31. The minimum atomic E-state index is 0.630. The van der Waals surface area contributed by atoms with Gasteiger partial charge >= 0.3 is 0 Å². The number of rotatable bonds is 1. The molecule has 0 amide bonds. The summed E-state index contributed by atoms with van der Waals surface area (Å²) in [5, 5.41) is 0.649. The van der Waals surface area contributed by atoms with Gasteiger partial charge in [0.2, 0.25) is 0 Å². The number of carbonyl (C=O) groups excluding carboxylic acids is 1. The second-order valence-electron chi connectivity index (χ2n) is 1.92. The van der Waals surface area contributed by atoms with Gasteiger partial charge in [0.25, 0.3) is 0 Å². The van der Waals surface area contributed by atoms with Crippen LogP contribution in [0.15, 0.2) is 16.6 Å². The molecule has 0 fully saturated rings. The molecule has 11 heavy (non-hydrogen) atoms. The van der Waals surface area contributed by atoms with Crippen molar-refractivity contribution < 1.29 is 4.79 Å². The van der Waals surface area contributed by atoms with E-state index in [4.69, 9.17) is 11.6 Å². The maximum absolute atomic E-state index is 10.4. The fraction of sp³-hybridized carbons (Fsp3) is 0. The lowest BCUT2D eigenvalue weighted by Gasteiger charge is -1.99. The topological polar surface area (TPSA) is 17.1 Å². The molecule has 0 unspecified atom stereocenters. The van der Waals surface area contributed by atoms with Gasteiger partial charge in [-0.05, 0) is 50.7 Å². The van der Waals surface area contributed by atoms with Gasteiger partial charge in [0, 0.05) is 13.6 Å². The Kier molecular flexibility index (Phi) is 3.33. The first-order valence-corrected chi connectivity index (χ1v) is 5.00. The highest BCUT2D eigenvalue weighted by Gasteiger charge is 2.03. The molecule has 0 aliphatic heterocycles. The molecule has 1 aromatic rings. The van der Waals surface area contributed by atoms with Gasteiger partial charge in [0.05, 0.1) is 5.02 Å². The van der Waals surface area contributed by atoms with Gasteiger partial charge in [-0.3, -0.25) is 4.79 Å². The molecule has 1 rings (SSSR count). The van der Waals surface area contributed by atoms with Crippen molar-refractivity contribution in [3.05, 3.63) is 30.8 Å². The molecular weight excluding hydrogens is 342 g/mol. The molecule has 0 spiro atoms. The van der Waals surface area contributed by atoms with Crippen LogP contribution in [0.5, 0.6) is 0 Å². The molecule has 0 heterocycles. The predicted molar refractivity (Wildman–Crippen MR) is 57.3 cm³/mol. The lowest BCUT2D eigenvalue weighted by molar-refractivity contribution is 0.112. The molecule has 4 heteroatoms. The molecule has 0 aliphatic rings. The van der Waals surface area contributed by atoms with Gasteiger partial charge in [-0.1, -0.05) is 11.6 Å². The zero-order valence-electron chi connectivity index (χ0n) is 5.27. The quantitative estimate of drug-likeness (QED) is 0.432. The first-order chi connectivity index (χ1) is 5.15. The van der Waals surface area contributed by atoms with Gasteiger partial charge in [0.15, 0.2) is 0 Å². The first-order valence-electron chi connectivity index (χ1n) is 2.75. The third-order valence-electron chi connectivity index (χ3n) is 1.14. The number of carbonyl (C=O) groups is 1. The molecule has 0 radical (unpaired) electrons. The summed E-state index contributed by atoms with van der Waals surface area (Å²) >= 11 is 11.2. The summed E-state index contributed by atoms with van der Waals surface area (Å²) in [6.07, 6.45) is 0.795. The Morgan fingerprint density at radius 1 is 1.55 bits per heavy atom. The van der Waals surface area contributed by atoms with E-state index < -0.39 is 0 Å². The number of benzene rings is 1. The van der Waals surface area contributed by atoms with Gasteiger partial charge < -0.3 is 0 Å². The summed E-state index contributed by atoms with van der Waals surface area (Å²) in [6.45, 7) is 0. The molecule has 0 N–H and O–H groups in total. The third kappa shape index (κ3) is 2.16. The molecule has 0 atom stereocenters. The second kappa shape index (κ2) is 3.87. The maximum atomic E-state index is 10.4. The molecule has 0 aromatic heterocycles. The van der Waals surface area contributed by atoms with Crippen molar-refractivity contribution in [1.29, 1.82) is 0 Å². The highest BCUT2D eigenvalue weighted by Crippen LogP contribution is 2.28. The molecule has 0 saturated carbocycles. The number of halogens is 3. The zero-order chi connectivity index (χ0) is 8.43. The first kappa shape index (κ1) is 9.48. The van der Waals surface area contributed by atoms with Gasteiger partial charge in [-0.15, -0.1) is 0 Å². The van der Waals surface area contributed by atoms with Crippen LogP contribution in [0.2, 0.25) is 5.02 Å². The van der Waals surface area contributed by atoms with E-state index in [1.54, 1.807) is 12.1 Å². The van der Waals surface area contributed by atoms with Crippen molar-refractivity contribution >= 4 is 56.4 Å². The Morgan fingerprint density at radius 2 is 2.18 bits per heavy atom. The average molecular weight is 345 g/mol. The van der Waals surface area contributed by atoms with Crippen molar-refractivity contribution in [1.82, 2.24) is 0 Å². The Hall–Kier alpha value is 0.390. The summed E-state index contributed by atoms with van der Waals surface area (Å²) in [5.74, 6) is 0. The molecule has 0 aliphatic carbocycles. The number of aldehydes is 1. The molecule has 1 nitrogen and oxygen atoms in total. The van der Waals surface area contributed by atoms with E-state index in [-0.39, 0.29) is 0 Å². The van der Waals surface area contributed by atoms with Crippen LogP contribution in [-0.2, 0) is 0 Å². The van der Waals surface area contributed by atoms with Crippen LogP contribution in [0.4, 0.5) is 0 Å². The zero-order valence-corrected chi connectivity index (χ0v) is 9.77. The van der Waals surface area contributed by atoms with E-state index in [2.05, 4.69) is 38.5 Å². The Balaban J connectivity index is 3.31. The normalized spacial score (nSPS) is 9.73. The van der Waals surface area contributed by atoms with Gasteiger partial charge in [-0.25, -0.2) is 0 Å². The number of hydrogen-bond donors (Lipinski definition) is 0. The van der Waals surface area contributed by atoms with Crippen molar-refractivity contribution in [2.75, 3.05) is 0 Å². The van der Waals surface area contributed by atoms with Crippen LogP contribution >= 0.6 is 50.1 Å². The minimum Gasteiger partial charge on any atom is -0.298 e. The Morgan fingerprint density at radius 3 is 2.64 bits per heavy atom. The summed E-state index contributed by atoms with van der Waals surface area (Å²) in [7, 11) is 0. The Labute approximate surface area is 91.4 Å². The standard InChI is InChI=1S/C7H3BrClIO/c8-5-1-4(3-11)2-6(10)7(5)9/h1-3H. The van der Waals surface area contributed by atoms with Crippen molar-refractivity contribution in [2.45, 2.75) is 0 Å². The van der Waals surface area contributed by atoms with E-state index in [0.29, 0.717) is 10.6 Å². The maximum Gasteiger partial charge on any atom is 0.150 e. The number of hydrogen-bond acceptors (Lipinski definition) is 1. The summed E-state index contributed by atoms with van der Waals surface area (Å²) in [4.78, 5) is 10.4. The molecule has 0 bridgehead atoms. The van der Waals surface area contributed by atoms with Crippen LogP contribution in [0.1, 0.15) is 10.4 Å². The van der Waals surface area contributed by atoms with E-state index in [9.17, 15) is 4.79 Å². The highest BCUT2D eigenvalue weighted by molar-refractivity contribution is 14.1. The van der Waals surface area contributed by atoms with Crippen LogP contribution in [-0.4, -0.2) is 6.29 Å². The lowest BCUT2D eigenvalue weighted by atomic mass is 10.2. The molecule has 58 valence electrons. The Bertz CT molecular complexity index is 277. The van der Waals surface area contributed by atoms with Crippen LogP contribution < -0.4 is 0 Å². The average Bonchev–Trinajstić information content (AvgIpc) is 1.99. The molecule has 1 aromatic carbocycles. The minimum absolute atomic E-state index is 0.630. The summed E-state index contributed by atoms with van der Waals surface area (Å²) in [6, 6.07) is 3.43. The largest absolute Gasteiger partial charge is 0.298 e. The fourth-order valence-corrected chi connectivity index (χ4v) is 2.25. The van der Waals surface area contributed by atoms with E-state index in [1.165, 1.54) is 0 Å². The van der Waals surface area contributed by atoms with Crippen LogP contribution in [0.25, 0.3) is 0 Å². The van der Waals surface area contributed by atoms with Crippen molar-refractivity contribution in [3.8, 4) is 0 Å². The highest BCUT2D eigenvalue weighted by atomic mass is 127. The van der Waals surface area contributed by atoms with Gasteiger partial charge in [-0.2, -0.15) is 0 Å². The van der Waals surface area contributed by atoms with E-state index >= 15 is 0 Å². The van der Waals surface area contributed by atoms with Gasteiger partial charge in [0.1, 0.15) is 6.29 Å². The van der Waals surface area contributed by atoms with E-state index in [0.717, 1.165) is 14.3 Å². The fourth-order valence-electron chi connectivity index (χ4n) is 0.643. The van der Waals surface area contributed by atoms with Crippen LogP contribution in [0, 0.1) is 3.57 Å². The smallest absolute Gasteiger partial charge is 0.150 e. The summed E-state index contributed by atoms with van der Waals surface area (Å²) < 4.78 is 1.63. The molecule has 0 saturated heterocycles. The summed E-state index contributed by atoms with van der Waals surface area (Å²) in [5.41, 5.74) is 0.630. The third-order valence-corrected chi connectivity index (χ3v) is 3.57. The lowest BCUT2D eigenvalue weighted by Crippen LogP contribution is -1.83. The van der Waals surface area contributed by atoms with Crippen LogP contribution in [0.3, 0.4) is 0 Å². The van der Waals surface area contributed by atoms with E-state index in [1.807, 2.05) is 0 Å². The van der Waals surface area contributed by atoms with Crippen molar-refractivity contribution in [2.24, 2.45) is 0 Å². The predicted octanol–water partition coefficient (Wildman–Crippen LogP) is 3.52. The monoisotopic (exact) mass is 344 g/mol. The molecular formula is C7H3BrClIO.